The van der Waals surface area contributed by atoms with E-state index < -0.39 is 0 Å². The molecule has 0 aliphatic carbocycles. The Hall–Kier alpha value is -2.29. The van der Waals surface area contributed by atoms with Gasteiger partial charge >= 0.3 is 0 Å². The number of hydrogen-bond acceptors (Lipinski definition) is 3. The standard InChI is InChI=1S/C17H19NO2/c1-12-7-8-14(9-13(12)2)17(19)11-18-15-5-4-6-16(10-15)20-3/h4-10,18H,11H2,1-3H3. The molecule has 0 bridgehead atoms. The van der Waals surface area contributed by atoms with Crippen LogP contribution in [0.1, 0.15) is 21.5 Å². The topological polar surface area (TPSA) is 38.3 Å². The van der Waals surface area contributed by atoms with Gasteiger partial charge in [0.1, 0.15) is 5.75 Å². The minimum atomic E-state index is 0.0796. The number of nitrogens with one attached hydrogen (secondary N) is 1. The Balaban J connectivity index is 2.02. The summed E-state index contributed by atoms with van der Waals surface area (Å²) in [5.41, 5.74) is 3.95. The third-order valence-corrected chi connectivity index (χ3v) is 3.35. The molecule has 0 heterocycles. The van der Waals surface area contributed by atoms with Gasteiger partial charge in [-0.2, -0.15) is 0 Å². The summed E-state index contributed by atoms with van der Waals surface area (Å²) in [6, 6.07) is 13.3. The Kier molecular flexibility index (Phi) is 4.41. The quantitative estimate of drug-likeness (QED) is 0.843. The van der Waals surface area contributed by atoms with Crippen molar-refractivity contribution in [3.8, 4) is 5.75 Å². The van der Waals surface area contributed by atoms with E-state index in [0.717, 1.165) is 22.6 Å². The first-order chi connectivity index (χ1) is 9.60. The van der Waals surface area contributed by atoms with Crippen LogP contribution in [0.2, 0.25) is 0 Å². The second-order valence-electron chi connectivity index (χ2n) is 4.81. The molecular formula is C17H19NO2. The van der Waals surface area contributed by atoms with Crippen molar-refractivity contribution < 1.29 is 9.53 Å². The van der Waals surface area contributed by atoms with Gasteiger partial charge in [-0.25, -0.2) is 0 Å². The molecule has 0 unspecified atom stereocenters. The summed E-state index contributed by atoms with van der Waals surface area (Å²) in [4.78, 5) is 12.1. The smallest absolute Gasteiger partial charge is 0.181 e. The van der Waals surface area contributed by atoms with Crippen molar-refractivity contribution in [1.29, 1.82) is 0 Å². The minimum absolute atomic E-state index is 0.0796. The second-order valence-corrected chi connectivity index (χ2v) is 4.81. The van der Waals surface area contributed by atoms with E-state index in [9.17, 15) is 4.79 Å². The van der Waals surface area contributed by atoms with Crippen LogP contribution >= 0.6 is 0 Å². The molecule has 2 rings (SSSR count). The number of anilines is 1. The summed E-state index contributed by atoms with van der Waals surface area (Å²) in [6.45, 7) is 4.33. The number of Topliss-reactive ketones (excluding diaryl/α,β-unsaturated/α-hetero) is 1. The number of methoxy groups -OCH3 is 1. The fourth-order valence-electron chi connectivity index (χ4n) is 1.93. The molecule has 104 valence electrons. The summed E-state index contributed by atoms with van der Waals surface area (Å²) < 4.78 is 5.15. The Labute approximate surface area is 119 Å². The van der Waals surface area contributed by atoms with Crippen LogP contribution in [0.3, 0.4) is 0 Å². The molecule has 2 aromatic rings. The molecule has 3 heteroatoms. The molecule has 0 spiro atoms. The van der Waals surface area contributed by atoms with Gasteiger partial charge in [-0.15, -0.1) is 0 Å². The van der Waals surface area contributed by atoms with E-state index in [-0.39, 0.29) is 12.3 Å². The molecule has 0 aromatic heterocycles. The number of carbonyl (C=O) groups is 1. The second kappa shape index (κ2) is 6.24. The van der Waals surface area contributed by atoms with Gasteiger partial charge in [0.25, 0.3) is 0 Å². The van der Waals surface area contributed by atoms with Crippen LogP contribution in [-0.2, 0) is 0 Å². The first-order valence-electron chi connectivity index (χ1n) is 6.58. The zero-order valence-corrected chi connectivity index (χ0v) is 12.1. The van der Waals surface area contributed by atoms with E-state index in [2.05, 4.69) is 5.32 Å². The van der Waals surface area contributed by atoms with Crippen molar-refractivity contribution in [2.75, 3.05) is 19.0 Å². The third kappa shape index (κ3) is 3.38. The van der Waals surface area contributed by atoms with Crippen molar-refractivity contribution in [3.05, 3.63) is 59.2 Å². The third-order valence-electron chi connectivity index (χ3n) is 3.35. The van der Waals surface area contributed by atoms with Gasteiger partial charge in [-0.05, 0) is 43.2 Å². The molecule has 0 atom stereocenters. The van der Waals surface area contributed by atoms with Crippen LogP contribution in [0, 0.1) is 13.8 Å². The van der Waals surface area contributed by atoms with E-state index in [0.29, 0.717) is 0 Å². The van der Waals surface area contributed by atoms with Gasteiger partial charge in [0, 0.05) is 17.3 Å². The van der Waals surface area contributed by atoms with Crippen LogP contribution < -0.4 is 10.1 Å². The molecule has 1 N–H and O–H groups in total. The van der Waals surface area contributed by atoms with Crippen molar-refractivity contribution in [3.63, 3.8) is 0 Å². The molecule has 0 amide bonds. The lowest BCUT2D eigenvalue weighted by molar-refractivity contribution is 0.101. The lowest BCUT2D eigenvalue weighted by atomic mass is 10.0. The maximum absolute atomic E-state index is 12.1. The lowest BCUT2D eigenvalue weighted by Crippen LogP contribution is -2.14. The molecule has 3 nitrogen and oxygen atoms in total. The van der Waals surface area contributed by atoms with Gasteiger partial charge < -0.3 is 10.1 Å². The number of ketones is 1. The van der Waals surface area contributed by atoms with Crippen LogP contribution in [-0.4, -0.2) is 19.4 Å². The number of aryl methyl sites for hydroxylation is 2. The van der Waals surface area contributed by atoms with Crippen molar-refractivity contribution >= 4 is 11.5 Å². The molecule has 2 aromatic carbocycles. The van der Waals surface area contributed by atoms with Gasteiger partial charge in [0.2, 0.25) is 0 Å². The molecule has 20 heavy (non-hydrogen) atoms. The Morgan fingerprint density at radius 1 is 1.10 bits per heavy atom. The largest absolute Gasteiger partial charge is 0.497 e. The average Bonchev–Trinajstić information content (AvgIpc) is 2.47. The van der Waals surface area contributed by atoms with E-state index in [1.165, 1.54) is 5.56 Å². The highest BCUT2D eigenvalue weighted by Crippen LogP contribution is 2.17. The lowest BCUT2D eigenvalue weighted by Gasteiger charge is -2.08. The predicted octanol–water partition coefficient (Wildman–Crippen LogP) is 3.61. The summed E-state index contributed by atoms with van der Waals surface area (Å²) in [7, 11) is 1.62. The van der Waals surface area contributed by atoms with E-state index in [1.54, 1.807) is 7.11 Å². The fraction of sp³-hybridized carbons (Fsp3) is 0.235. The zero-order valence-electron chi connectivity index (χ0n) is 12.1. The van der Waals surface area contributed by atoms with Crippen molar-refractivity contribution in [1.82, 2.24) is 0 Å². The molecule has 0 saturated heterocycles. The monoisotopic (exact) mass is 269 g/mol. The van der Waals surface area contributed by atoms with Gasteiger partial charge in [0.15, 0.2) is 5.78 Å². The van der Waals surface area contributed by atoms with Crippen LogP contribution in [0.15, 0.2) is 42.5 Å². The van der Waals surface area contributed by atoms with Gasteiger partial charge in [-0.3, -0.25) is 4.79 Å². The Morgan fingerprint density at radius 3 is 2.60 bits per heavy atom. The highest BCUT2D eigenvalue weighted by Gasteiger charge is 2.07. The van der Waals surface area contributed by atoms with Gasteiger partial charge in [-0.1, -0.05) is 18.2 Å². The predicted molar refractivity (Wildman–Crippen MR) is 81.7 cm³/mol. The van der Waals surface area contributed by atoms with Crippen LogP contribution in [0.5, 0.6) is 5.75 Å². The molecular weight excluding hydrogens is 250 g/mol. The normalized spacial score (nSPS) is 10.2. The first kappa shape index (κ1) is 14.1. The van der Waals surface area contributed by atoms with E-state index in [4.69, 9.17) is 4.74 Å². The summed E-state index contributed by atoms with van der Waals surface area (Å²) in [6.07, 6.45) is 0. The SMILES string of the molecule is COc1cccc(NCC(=O)c2ccc(C)c(C)c2)c1. The maximum Gasteiger partial charge on any atom is 0.181 e. The molecule has 0 radical (unpaired) electrons. The maximum atomic E-state index is 12.1. The highest BCUT2D eigenvalue weighted by molar-refractivity contribution is 5.99. The Morgan fingerprint density at radius 2 is 1.90 bits per heavy atom. The molecule has 0 aliphatic rings. The summed E-state index contributed by atoms with van der Waals surface area (Å²) >= 11 is 0. The fourth-order valence-corrected chi connectivity index (χ4v) is 1.93. The zero-order chi connectivity index (χ0) is 14.5. The van der Waals surface area contributed by atoms with Gasteiger partial charge in [0.05, 0.1) is 13.7 Å². The number of carbonyl (C=O) groups excluding carboxylic acids is 1. The van der Waals surface area contributed by atoms with Crippen molar-refractivity contribution in [2.45, 2.75) is 13.8 Å². The van der Waals surface area contributed by atoms with E-state index >= 15 is 0 Å². The number of rotatable bonds is 5. The number of benzene rings is 2. The number of ether oxygens (including phenoxy) is 1. The molecule has 0 saturated carbocycles. The first-order valence-corrected chi connectivity index (χ1v) is 6.58. The van der Waals surface area contributed by atoms with Crippen LogP contribution in [0.25, 0.3) is 0 Å². The van der Waals surface area contributed by atoms with Crippen molar-refractivity contribution in [2.24, 2.45) is 0 Å². The summed E-state index contributed by atoms with van der Waals surface area (Å²) in [5.74, 6) is 0.851. The highest BCUT2D eigenvalue weighted by atomic mass is 16.5. The molecule has 0 fully saturated rings. The minimum Gasteiger partial charge on any atom is -0.497 e. The average molecular weight is 269 g/mol. The summed E-state index contributed by atoms with van der Waals surface area (Å²) in [5, 5.41) is 3.12. The number of hydrogen-bond donors (Lipinski definition) is 1. The molecule has 0 aliphatic heterocycles. The van der Waals surface area contributed by atoms with Crippen LogP contribution in [0.4, 0.5) is 5.69 Å². The Bertz CT molecular complexity index is 620. The van der Waals surface area contributed by atoms with E-state index in [1.807, 2.05) is 56.3 Å².